The Bertz CT molecular complexity index is 450. The molecule has 1 aliphatic rings. The van der Waals surface area contributed by atoms with Crippen molar-refractivity contribution in [3.8, 4) is 0 Å². The van der Waals surface area contributed by atoms with Crippen molar-refractivity contribution >= 4 is 23.2 Å². The Morgan fingerprint density at radius 3 is 2.86 bits per heavy atom. The molecular formula is C17H25Cl2NO2. The molecule has 1 aromatic rings. The number of rotatable bonds is 8. The van der Waals surface area contributed by atoms with Gasteiger partial charge in [-0.25, -0.2) is 0 Å². The summed E-state index contributed by atoms with van der Waals surface area (Å²) in [5, 5.41) is 4.47. The van der Waals surface area contributed by atoms with Gasteiger partial charge in [0.05, 0.1) is 10.0 Å². The van der Waals surface area contributed by atoms with Gasteiger partial charge >= 0.3 is 0 Å². The molecule has 3 nitrogen and oxygen atoms in total. The molecular weight excluding hydrogens is 321 g/mol. The van der Waals surface area contributed by atoms with Gasteiger partial charge in [-0.2, -0.15) is 0 Å². The third-order valence-corrected chi connectivity index (χ3v) is 4.74. The fraction of sp³-hybridized carbons (Fsp3) is 0.647. The number of hydrogen-bond acceptors (Lipinski definition) is 3. The lowest BCUT2D eigenvalue weighted by atomic mass is 9.94. The lowest BCUT2D eigenvalue weighted by Gasteiger charge is -2.23. The minimum atomic E-state index is 0.00137. The third kappa shape index (κ3) is 5.71. The van der Waals surface area contributed by atoms with E-state index in [1.165, 1.54) is 12.0 Å². The molecule has 0 aliphatic carbocycles. The maximum atomic E-state index is 6.13. The van der Waals surface area contributed by atoms with Crippen LogP contribution in [0.15, 0.2) is 18.2 Å². The normalized spacial score (nSPS) is 20.0. The van der Waals surface area contributed by atoms with Crippen molar-refractivity contribution in [2.24, 2.45) is 0 Å². The number of nitrogens with one attached hydrogen (secondary N) is 1. The van der Waals surface area contributed by atoms with Gasteiger partial charge in [0.2, 0.25) is 0 Å². The summed E-state index contributed by atoms with van der Waals surface area (Å²) >= 11 is 12.1. The molecule has 2 rings (SSSR count). The molecule has 1 N–H and O–H groups in total. The van der Waals surface area contributed by atoms with E-state index in [1.807, 2.05) is 19.2 Å². The third-order valence-electron chi connectivity index (χ3n) is 4.00. The molecule has 1 saturated heterocycles. The second kappa shape index (κ2) is 9.74. The highest BCUT2D eigenvalue weighted by Gasteiger charge is 2.15. The van der Waals surface area contributed by atoms with Crippen LogP contribution in [0.1, 0.15) is 43.6 Å². The van der Waals surface area contributed by atoms with Crippen molar-refractivity contribution in [3.63, 3.8) is 0 Å². The Balaban J connectivity index is 1.79. The van der Waals surface area contributed by atoms with Crippen molar-refractivity contribution in [3.05, 3.63) is 33.8 Å². The Morgan fingerprint density at radius 2 is 2.18 bits per heavy atom. The molecule has 22 heavy (non-hydrogen) atoms. The van der Waals surface area contributed by atoms with Gasteiger partial charge in [-0.3, -0.25) is 0 Å². The van der Waals surface area contributed by atoms with Crippen LogP contribution < -0.4 is 5.32 Å². The van der Waals surface area contributed by atoms with Gasteiger partial charge in [0, 0.05) is 19.8 Å². The average molecular weight is 346 g/mol. The lowest BCUT2D eigenvalue weighted by molar-refractivity contribution is -0.162. The van der Waals surface area contributed by atoms with E-state index >= 15 is 0 Å². The highest BCUT2D eigenvalue weighted by molar-refractivity contribution is 6.42. The van der Waals surface area contributed by atoms with E-state index in [0.717, 1.165) is 45.4 Å². The number of benzene rings is 1. The molecule has 5 heteroatoms. The first-order valence-electron chi connectivity index (χ1n) is 8.03. The van der Waals surface area contributed by atoms with Crippen LogP contribution in [0.2, 0.25) is 10.0 Å². The molecule has 124 valence electrons. The summed E-state index contributed by atoms with van der Waals surface area (Å²) in [6, 6.07) is 5.90. The SMILES string of the molecule is CNCC(CCCOC1CCCCO1)c1ccc(Cl)c(Cl)c1. The molecule has 1 aliphatic heterocycles. The van der Waals surface area contributed by atoms with Crippen LogP contribution in [0.4, 0.5) is 0 Å². The summed E-state index contributed by atoms with van der Waals surface area (Å²) in [4.78, 5) is 0. The highest BCUT2D eigenvalue weighted by Crippen LogP contribution is 2.28. The first kappa shape index (κ1) is 18.0. The number of ether oxygens (including phenoxy) is 2. The second-order valence-electron chi connectivity index (χ2n) is 5.74. The molecule has 2 atom stereocenters. The molecule has 1 aromatic carbocycles. The van der Waals surface area contributed by atoms with Crippen molar-refractivity contribution < 1.29 is 9.47 Å². The number of halogens is 2. The van der Waals surface area contributed by atoms with Crippen LogP contribution in [-0.4, -0.2) is 33.1 Å². The zero-order valence-electron chi connectivity index (χ0n) is 13.1. The van der Waals surface area contributed by atoms with Crippen molar-refractivity contribution in [2.75, 3.05) is 26.8 Å². The van der Waals surface area contributed by atoms with Gasteiger partial charge in [-0.05, 0) is 62.8 Å². The first-order chi connectivity index (χ1) is 10.7. The minimum Gasteiger partial charge on any atom is -0.353 e. The summed E-state index contributed by atoms with van der Waals surface area (Å²) in [6.07, 6.45) is 5.43. The van der Waals surface area contributed by atoms with Gasteiger partial charge in [0.15, 0.2) is 6.29 Å². The maximum Gasteiger partial charge on any atom is 0.157 e. The van der Waals surface area contributed by atoms with Gasteiger partial charge in [0.1, 0.15) is 0 Å². The van der Waals surface area contributed by atoms with Gasteiger partial charge < -0.3 is 14.8 Å². The van der Waals surface area contributed by atoms with Crippen molar-refractivity contribution in [2.45, 2.75) is 44.3 Å². The summed E-state index contributed by atoms with van der Waals surface area (Å²) < 4.78 is 11.4. The van der Waals surface area contributed by atoms with E-state index in [4.69, 9.17) is 32.7 Å². The van der Waals surface area contributed by atoms with Crippen molar-refractivity contribution in [1.29, 1.82) is 0 Å². The predicted molar refractivity (Wildman–Crippen MR) is 91.9 cm³/mol. The van der Waals surface area contributed by atoms with E-state index in [9.17, 15) is 0 Å². The summed E-state index contributed by atoms with van der Waals surface area (Å²) in [7, 11) is 1.97. The van der Waals surface area contributed by atoms with Gasteiger partial charge in [-0.15, -0.1) is 0 Å². The zero-order chi connectivity index (χ0) is 15.8. The Labute approximate surface area is 143 Å². The quantitative estimate of drug-likeness (QED) is 0.697. The second-order valence-corrected chi connectivity index (χ2v) is 6.55. The maximum absolute atomic E-state index is 6.13. The smallest absolute Gasteiger partial charge is 0.157 e. The molecule has 0 spiro atoms. The monoisotopic (exact) mass is 345 g/mol. The molecule has 0 bridgehead atoms. The van der Waals surface area contributed by atoms with Crippen LogP contribution in [0.5, 0.6) is 0 Å². The lowest BCUT2D eigenvalue weighted by Crippen LogP contribution is -2.23. The molecule has 0 amide bonds. The predicted octanol–water partition coefficient (Wildman–Crippen LogP) is 4.62. The molecule has 0 saturated carbocycles. The standard InChI is InChI=1S/C17H25Cl2NO2/c1-20-12-14(13-7-8-15(18)16(19)11-13)5-4-10-22-17-6-2-3-9-21-17/h7-8,11,14,17,20H,2-6,9-10,12H2,1H3. The summed E-state index contributed by atoms with van der Waals surface area (Å²) in [5.41, 5.74) is 1.22. The molecule has 2 unspecified atom stereocenters. The summed E-state index contributed by atoms with van der Waals surface area (Å²) in [6.45, 7) is 2.49. The van der Waals surface area contributed by atoms with Crippen LogP contribution in [0.3, 0.4) is 0 Å². The number of hydrogen-bond donors (Lipinski definition) is 1. The first-order valence-corrected chi connectivity index (χ1v) is 8.79. The van der Waals surface area contributed by atoms with Crippen LogP contribution in [-0.2, 0) is 9.47 Å². The van der Waals surface area contributed by atoms with Crippen LogP contribution in [0.25, 0.3) is 0 Å². The fourth-order valence-corrected chi connectivity index (χ4v) is 3.09. The topological polar surface area (TPSA) is 30.5 Å². The summed E-state index contributed by atoms with van der Waals surface area (Å²) in [5.74, 6) is 0.413. The molecule has 0 radical (unpaired) electrons. The highest BCUT2D eigenvalue weighted by atomic mass is 35.5. The van der Waals surface area contributed by atoms with E-state index in [-0.39, 0.29) is 6.29 Å². The van der Waals surface area contributed by atoms with Crippen molar-refractivity contribution in [1.82, 2.24) is 5.32 Å². The Morgan fingerprint density at radius 1 is 1.32 bits per heavy atom. The number of likely N-dealkylation sites (N-methyl/N-ethyl adjacent to an activating group) is 1. The molecule has 0 aromatic heterocycles. The Hall–Kier alpha value is -0.320. The van der Waals surface area contributed by atoms with E-state index in [0.29, 0.717) is 16.0 Å². The van der Waals surface area contributed by atoms with Gasteiger partial charge in [0.25, 0.3) is 0 Å². The van der Waals surface area contributed by atoms with E-state index < -0.39 is 0 Å². The minimum absolute atomic E-state index is 0.00137. The van der Waals surface area contributed by atoms with Gasteiger partial charge in [-0.1, -0.05) is 29.3 Å². The molecule has 1 heterocycles. The van der Waals surface area contributed by atoms with Crippen LogP contribution in [0, 0.1) is 0 Å². The fourth-order valence-electron chi connectivity index (χ4n) is 2.79. The van der Waals surface area contributed by atoms with E-state index in [2.05, 4.69) is 11.4 Å². The Kier molecular flexibility index (Phi) is 7.98. The average Bonchev–Trinajstić information content (AvgIpc) is 2.54. The van der Waals surface area contributed by atoms with E-state index in [1.54, 1.807) is 0 Å². The largest absolute Gasteiger partial charge is 0.353 e. The van der Waals surface area contributed by atoms with Crippen LogP contribution >= 0.6 is 23.2 Å². The zero-order valence-corrected chi connectivity index (χ0v) is 14.6. The molecule has 1 fully saturated rings.